The van der Waals surface area contributed by atoms with Gasteiger partial charge in [-0.25, -0.2) is 0 Å². The summed E-state index contributed by atoms with van der Waals surface area (Å²) in [6, 6.07) is 0. The van der Waals surface area contributed by atoms with E-state index in [0.717, 1.165) is 18.8 Å². The topological polar surface area (TPSA) is 38.8 Å². The molecule has 0 aliphatic rings. The van der Waals surface area contributed by atoms with E-state index in [1.165, 1.54) is 0 Å². The summed E-state index contributed by atoms with van der Waals surface area (Å²) in [5.41, 5.74) is 0.955. The normalized spacial score (nSPS) is 11.6. The van der Waals surface area contributed by atoms with Crippen LogP contribution in [0.5, 0.6) is 0 Å². The molecule has 0 atom stereocenters. The molecule has 15 heavy (non-hydrogen) atoms. The minimum atomic E-state index is 0.0623. The molecule has 0 rings (SSSR count). The van der Waals surface area contributed by atoms with E-state index in [2.05, 4.69) is 4.90 Å². The van der Waals surface area contributed by atoms with Crippen molar-refractivity contribution in [1.82, 2.24) is 4.90 Å². The molecule has 4 heteroatoms. The van der Waals surface area contributed by atoms with Crippen LogP contribution in [0.25, 0.3) is 0 Å². The van der Waals surface area contributed by atoms with Crippen molar-refractivity contribution in [2.75, 3.05) is 40.5 Å². The van der Waals surface area contributed by atoms with Gasteiger partial charge in [0.1, 0.15) is 0 Å². The maximum absolute atomic E-state index is 10.9. The van der Waals surface area contributed by atoms with Crippen LogP contribution in [0.3, 0.4) is 0 Å². The van der Waals surface area contributed by atoms with Crippen molar-refractivity contribution in [1.29, 1.82) is 0 Å². The average Bonchev–Trinajstić information content (AvgIpc) is 2.17. The first-order valence-corrected chi connectivity index (χ1v) is 5.03. The number of hydrogen-bond donors (Lipinski definition) is 0. The molecule has 0 unspecified atom stereocenters. The van der Waals surface area contributed by atoms with Crippen molar-refractivity contribution >= 4 is 5.78 Å². The number of ether oxygens (including phenoxy) is 2. The fourth-order valence-corrected chi connectivity index (χ4v) is 1.25. The molecule has 0 aromatic rings. The zero-order valence-corrected chi connectivity index (χ0v) is 10.1. The quantitative estimate of drug-likeness (QED) is 0.568. The van der Waals surface area contributed by atoms with Gasteiger partial charge in [0.05, 0.1) is 13.2 Å². The summed E-state index contributed by atoms with van der Waals surface area (Å²) in [4.78, 5) is 13.0. The van der Waals surface area contributed by atoms with Gasteiger partial charge in [-0.05, 0) is 19.9 Å². The summed E-state index contributed by atoms with van der Waals surface area (Å²) in [6.45, 7) is 6.31. The highest BCUT2D eigenvalue weighted by atomic mass is 16.5. The van der Waals surface area contributed by atoms with E-state index < -0.39 is 0 Å². The van der Waals surface area contributed by atoms with E-state index in [1.807, 2.05) is 6.92 Å². The van der Waals surface area contributed by atoms with Crippen molar-refractivity contribution in [3.8, 4) is 0 Å². The van der Waals surface area contributed by atoms with Crippen LogP contribution in [-0.4, -0.2) is 51.2 Å². The van der Waals surface area contributed by atoms with Crippen molar-refractivity contribution in [3.05, 3.63) is 11.8 Å². The van der Waals surface area contributed by atoms with Gasteiger partial charge in [-0.15, -0.1) is 0 Å². The molecular formula is C11H21NO3. The van der Waals surface area contributed by atoms with E-state index in [0.29, 0.717) is 13.2 Å². The fourth-order valence-electron chi connectivity index (χ4n) is 1.25. The molecule has 0 aromatic carbocycles. The molecule has 4 nitrogen and oxygen atoms in total. The smallest absolute Gasteiger partial charge is 0.154 e. The number of ketones is 1. The Morgan fingerprint density at radius 2 is 1.60 bits per heavy atom. The van der Waals surface area contributed by atoms with Crippen molar-refractivity contribution in [2.24, 2.45) is 0 Å². The number of nitrogens with zero attached hydrogens (tertiary/aromatic N) is 1. The van der Waals surface area contributed by atoms with Gasteiger partial charge >= 0.3 is 0 Å². The lowest BCUT2D eigenvalue weighted by atomic mass is 10.3. The molecule has 0 N–H and O–H groups in total. The molecule has 0 saturated carbocycles. The predicted molar refractivity (Wildman–Crippen MR) is 59.8 cm³/mol. The Bertz CT molecular complexity index is 206. The standard InChI is InChI=1S/C11H21NO3/c1-10(9-11(2)13)12(5-7-14-3)6-8-15-4/h9H,5-8H2,1-4H3/b10-9+. The first-order valence-electron chi connectivity index (χ1n) is 5.03. The van der Waals surface area contributed by atoms with Gasteiger partial charge in [-0.2, -0.15) is 0 Å². The van der Waals surface area contributed by atoms with Crippen LogP contribution in [0.15, 0.2) is 11.8 Å². The summed E-state index contributed by atoms with van der Waals surface area (Å²) in [5, 5.41) is 0. The monoisotopic (exact) mass is 215 g/mol. The molecule has 0 spiro atoms. The Kier molecular flexibility index (Phi) is 7.95. The Balaban J connectivity index is 4.25. The van der Waals surface area contributed by atoms with E-state index in [4.69, 9.17) is 9.47 Å². The molecule has 0 bridgehead atoms. The van der Waals surface area contributed by atoms with Crippen LogP contribution in [0, 0.1) is 0 Å². The first kappa shape index (κ1) is 14.1. The SMILES string of the molecule is COCCN(CCOC)/C(C)=C/C(C)=O. The lowest BCUT2D eigenvalue weighted by molar-refractivity contribution is -0.112. The summed E-state index contributed by atoms with van der Waals surface area (Å²) in [5.74, 6) is 0.0623. The minimum absolute atomic E-state index is 0.0623. The van der Waals surface area contributed by atoms with E-state index in [-0.39, 0.29) is 5.78 Å². The Morgan fingerprint density at radius 3 is 1.93 bits per heavy atom. The number of hydrogen-bond acceptors (Lipinski definition) is 4. The predicted octanol–water partition coefficient (Wildman–Crippen LogP) is 1.07. The third kappa shape index (κ3) is 7.11. The van der Waals surface area contributed by atoms with Crippen molar-refractivity contribution in [3.63, 3.8) is 0 Å². The third-order valence-corrected chi connectivity index (χ3v) is 2.04. The molecule has 0 saturated heterocycles. The van der Waals surface area contributed by atoms with Gasteiger partial charge in [0.2, 0.25) is 0 Å². The molecule has 0 aliphatic carbocycles. The van der Waals surface area contributed by atoms with Crippen LogP contribution >= 0.6 is 0 Å². The number of methoxy groups -OCH3 is 2. The molecule has 0 fully saturated rings. The van der Waals surface area contributed by atoms with Gasteiger partial charge in [0.25, 0.3) is 0 Å². The summed E-state index contributed by atoms with van der Waals surface area (Å²) in [6.07, 6.45) is 1.63. The molecule has 0 radical (unpaired) electrons. The van der Waals surface area contributed by atoms with E-state index in [1.54, 1.807) is 27.2 Å². The van der Waals surface area contributed by atoms with Gasteiger partial charge in [-0.1, -0.05) is 0 Å². The summed E-state index contributed by atoms with van der Waals surface area (Å²) < 4.78 is 10.0. The van der Waals surface area contributed by atoms with Gasteiger partial charge < -0.3 is 14.4 Å². The first-order chi connectivity index (χ1) is 7.11. The molecule has 0 amide bonds. The van der Waals surface area contributed by atoms with E-state index >= 15 is 0 Å². The van der Waals surface area contributed by atoms with Crippen LogP contribution in [-0.2, 0) is 14.3 Å². The molecular weight excluding hydrogens is 194 g/mol. The minimum Gasteiger partial charge on any atom is -0.383 e. The second-order valence-corrected chi connectivity index (χ2v) is 3.37. The zero-order chi connectivity index (χ0) is 11.7. The maximum Gasteiger partial charge on any atom is 0.154 e. The van der Waals surface area contributed by atoms with Gasteiger partial charge in [-0.3, -0.25) is 4.79 Å². The highest BCUT2D eigenvalue weighted by molar-refractivity contribution is 5.87. The number of carbonyl (C=O) groups is 1. The summed E-state index contributed by atoms with van der Waals surface area (Å²) >= 11 is 0. The Labute approximate surface area is 91.8 Å². The van der Waals surface area contributed by atoms with Crippen LogP contribution in [0.1, 0.15) is 13.8 Å². The van der Waals surface area contributed by atoms with Gasteiger partial charge in [0, 0.05) is 33.0 Å². The maximum atomic E-state index is 10.9. The molecule has 0 aliphatic heterocycles. The third-order valence-electron chi connectivity index (χ3n) is 2.04. The van der Waals surface area contributed by atoms with Gasteiger partial charge in [0.15, 0.2) is 5.78 Å². The zero-order valence-electron chi connectivity index (χ0n) is 10.1. The molecule has 88 valence electrons. The number of carbonyl (C=O) groups excluding carboxylic acids is 1. The fraction of sp³-hybridized carbons (Fsp3) is 0.727. The number of allylic oxidation sites excluding steroid dienone is 2. The lowest BCUT2D eigenvalue weighted by Crippen LogP contribution is -2.29. The molecule has 0 aromatic heterocycles. The summed E-state index contributed by atoms with van der Waals surface area (Å²) in [7, 11) is 3.33. The lowest BCUT2D eigenvalue weighted by Gasteiger charge is -2.24. The largest absolute Gasteiger partial charge is 0.383 e. The average molecular weight is 215 g/mol. The second kappa shape index (κ2) is 8.44. The van der Waals surface area contributed by atoms with Crippen LogP contribution in [0.2, 0.25) is 0 Å². The second-order valence-electron chi connectivity index (χ2n) is 3.37. The van der Waals surface area contributed by atoms with Crippen molar-refractivity contribution in [2.45, 2.75) is 13.8 Å². The Hall–Kier alpha value is -0.870. The van der Waals surface area contributed by atoms with Crippen molar-refractivity contribution < 1.29 is 14.3 Å². The number of rotatable bonds is 8. The Morgan fingerprint density at radius 1 is 1.13 bits per heavy atom. The van der Waals surface area contributed by atoms with Crippen LogP contribution < -0.4 is 0 Å². The highest BCUT2D eigenvalue weighted by Crippen LogP contribution is 2.03. The molecule has 0 heterocycles. The van der Waals surface area contributed by atoms with Crippen LogP contribution in [0.4, 0.5) is 0 Å². The highest BCUT2D eigenvalue weighted by Gasteiger charge is 2.05. The van der Waals surface area contributed by atoms with E-state index in [9.17, 15) is 4.79 Å².